The van der Waals surface area contributed by atoms with Gasteiger partial charge in [0, 0.05) is 13.0 Å². The number of nitrogens with zero attached hydrogens (tertiary/aromatic N) is 1. The number of esters is 1. The molecular weight excluding hydrogens is 327 g/mol. The SMILES string of the molecule is CC(C)OC(=O)C[N+](C)(C)CCCNC(=O)C(F)(F)C(F)(F)F. The highest BCUT2D eigenvalue weighted by molar-refractivity contribution is 5.84. The van der Waals surface area contributed by atoms with Gasteiger partial charge < -0.3 is 14.5 Å². The predicted octanol–water partition coefficient (Wildman–Crippen LogP) is 1.72. The molecule has 1 N–H and O–H groups in total. The molecule has 0 saturated carbocycles. The van der Waals surface area contributed by atoms with Gasteiger partial charge in [0.05, 0.1) is 26.7 Å². The number of hydrogen-bond donors (Lipinski definition) is 1. The summed E-state index contributed by atoms with van der Waals surface area (Å²) in [5, 5.41) is 1.55. The van der Waals surface area contributed by atoms with Gasteiger partial charge in [-0.05, 0) is 13.8 Å². The van der Waals surface area contributed by atoms with Crippen LogP contribution in [-0.4, -0.2) is 68.3 Å². The quantitative estimate of drug-likeness (QED) is 0.314. The van der Waals surface area contributed by atoms with Crippen molar-refractivity contribution in [1.29, 1.82) is 0 Å². The minimum atomic E-state index is -5.92. The van der Waals surface area contributed by atoms with Crippen molar-refractivity contribution in [3.63, 3.8) is 0 Å². The van der Waals surface area contributed by atoms with Crippen LogP contribution in [0.5, 0.6) is 0 Å². The fraction of sp³-hybridized carbons (Fsp3) is 0.846. The van der Waals surface area contributed by atoms with E-state index in [2.05, 4.69) is 0 Å². The molecule has 0 rings (SSSR count). The third-order valence-electron chi connectivity index (χ3n) is 2.79. The van der Waals surface area contributed by atoms with E-state index in [9.17, 15) is 31.5 Å². The molecule has 0 heterocycles. The number of rotatable bonds is 8. The van der Waals surface area contributed by atoms with Crippen molar-refractivity contribution in [1.82, 2.24) is 5.32 Å². The van der Waals surface area contributed by atoms with Crippen molar-refractivity contribution < 1.29 is 40.8 Å². The van der Waals surface area contributed by atoms with Crippen LogP contribution in [0.4, 0.5) is 22.0 Å². The fourth-order valence-corrected chi connectivity index (χ4v) is 1.68. The molecule has 0 aromatic heterocycles. The van der Waals surface area contributed by atoms with E-state index < -0.39 is 24.0 Å². The molecule has 0 aliphatic heterocycles. The normalized spacial score (nSPS) is 13.1. The number of quaternary nitrogens is 1. The van der Waals surface area contributed by atoms with Gasteiger partial charge >= 0.3 is 18.1 Å². The van der Waals surface area contributed by atoms with E-state index in [4.69, 9.17) is 4.74 Å². The van der Waals surface area contributed by atoms with Crippen LogP contribution in [-0.2, 0) is 14.3 Å². The molecule has 0 saturated heterocycles. The van der Waals surface area contributed by atoms with E-state index in [0.717, 1.165) is 0 Å². The van der Waals surface area contributed by atoms with Crippen LogP contribution >= 0.6 is 0 Å². The zero-order valence-corrected chi connectivity index (χ0v) is 13.5. The van der Waals surface area contributed by atoms with E-state index in [0.29, 0.717) is 0 Å². The van der Waals surface area contributed by atoms with Crippen molar-refractivity contribution in [2.24, 2.45) is 0 Å². The first-order valence-electron chi connectivity index (χ1n) is 6.93. The molecule has 0 aromatic carbocycles. The summed E-state index contributed by atoms with van der Waals surface area (Å²) in [6.07, 6.45) is -6.07. The maximum Gasteiger partial charge on any atom is 0.463 e. The first kappa shape index (κ1) is 21.6. The second-order valence-electron chi connectivity index (χ2n) is 6.04. The number of carbonyl (C=O) groups excluding carboxylic acids is 2. The van der Waals surface area contributed by atoms with Crippen molar-refractivity contribution in [3.8, 4) is 0 Å². The van der Waals surface area contributed by atoms with Gasteiger partial charge in [-0.15, -0.1) is 0 Å². The van der Waals surface area contributed by atoms with E-state index >= 15 is 0 Å². The van der Waals surface area contributed by atoms with Crippen LogP contribution in [0, 0.1) is 0 Å². The average molecular weight is 349 g/mol. The van der Waals surface area contributed by atoms with E-state index in [1.807, 2.05) is 0 Å². The van der Waals surface area contributed by atoms with E-state index in [1.54, 1.807) is 33.3 Å². The fourth-order valence-electron chi connectivity index (χ4n) is 1.68. The molecule has 136 valence electrons. The van der Waals surface area contributed by atoms with Gasteiger partial charge in [0.2, 0.25) is 0 Å². The average Bonchev–Trinajstić information content (AvgIpc) is 2.30. The second-order valence-corrected chi connectivity index (χ2v) is 6.04. The van der Waals surface area contributed by atoms with Crippen molar-refractivity contribution in [3.05, 3.63) is 0 Å². The van der Waals surface area contributed by atoms with Gasteiger partial charge in [-0.25, -0.2) is 4.79 Å². The van der Waals surface area contributed by atoms with Crippen LogP contribution in [0.1, 0.15) is 20.3 Å². The molecule has 0 fully saturated rings. The Bertz CT molecular complexity index is 422. The molecule has 0 aliphatic rings. The van der Waals surface area contributed by atoms with E-state index in [-0.39, 0.29) is 36.6 Å². The zero-order valence-electron chi connectivity index (χ0n) is 13.5. The molecule has 0 atom stereocenters. The van der Waals surface area contributed by atoms with Gasteiger partial charge in [0.1, 0.15) is 0 Å². The maximum absolute atomic E-state index is 12.7. The molecule has 23 heavy (non-hydrogen) atoms. The van der Waals surface area contributed by atoms with Crippen molar-refractivity contribution in [2.45, 2.75) is 38.5 Å². The lowest BCUT2D eigenvalue weighted by Gasteiger charge is -2.29. The first-order valence-corrected chi connectivity index (χ1v) is 6.93. The lowest BCUT2D eigenvalue weighted by atomic mass is 10.3. The second kappa shape index (κ2) is 7.89. The summed E-state index contributed by atoms with van der Waals surface area (Å²) in [6, 6.07) is 0. The van der Waals surface area contributed by atoms with Crippen LogP contribution in [0.25, 0.3) is 0 Å². The van der Waals surface area contributed by atoms with Gasteiger partial charge in [-0.3, -0.25) is 4.79 Å². The Kier molecular flexibility index (Phi) is 7.39. The predicted molar refractivity (Wildman–Crippen MR) is 71.7 cm³/mol. The van der Waals surface area contributed by atoms with Crippen molar-refractivity contribution >= 4 is 11.9 Å². The third-order valence-corrected chi connectivity index (χ3v) is 2.79. The number of hydrogen-bond acceptors (Lipinski definition) is 3. The van der Waals surface area contributed by atoms with Crippen LogP contribution in [0.3, 0.4) is 0 Å². The highest BCUT2D eigenvalue weighted by atomic mass is 19.4. The summed E-state index contributed by atoms with van der Waals surface area (Å²) in [4.78, 5) is 22.4. The number of likely N-dealkylation sites (N-methyl/N-ethyl adjacent to an activating group) is 1. The molecular formula is C13H22F5N2O3+. The Morgan fingerprint density at radius 1 is 1.13 bits per heavy atom. The largest absolute Gasteiger partial charge is 0.463 e. The molecule has 10 heteroatoms. The summed E-state index contributed by atoms with van der Waals surface area (Å²) in [5.74, 6) is -8.24. The van der Waals surface area contributed by atoms with Gasteiger partial charge in [-0.1, -0.05) is 0 Å². The minimum Gasteiger partial charge on any atom is -0.459 e. The minimum absolute atomic E-state index is 0.0187. The Morgan fingerprint density at radius 2 is 1.65 bits per heavy atom. The van der Waals surface area contributed by atoms with Gasteiger partial charge in [-0.2, -0.15) is 22.0 Å². The molecule has 0 radical (unpaired) electrons. The summed E-state index contributed by atoms with van der Waals surface area (Å²) >= 11 is 0. The molecule has 1 amide bonds. The topological polar surface area (TPSA) is 55.4 Å². The monoisotopic (exact) mass is 349 g/mol. The lowest BCUT2D eigenvalue weighted by Crippen LogP contribution is -2.51. The van der Waals surface area contributed by atoms with Gasteiger partial charge in [0.25, 0.3) is 5.91 Å². The highest BCUT2D eigenvalue weighted by Gasteiger charge is 2.63. The lowest BCUT2D eigenvalue weighted by molar-refractivity contribution is -0.883. The Hall–Kier alpha value is -1.45. The first-order chi connectivity index (χ1) is 10.2. The zero-order chi connectivity index (χ0) is 18.5. The molecule has 0 unspecified atom stereocenters. The summed E-state index contributed by atoms with van der Waals surface area (Å²) in [7, 11) is 3.35. The standard InChI is InChI=1S/C13H21F5N2O3/c1-9(2)23-10(21)8-20(3,4)7-5-6-19-11(22)12(14,15)13(16,17)18/h9H,5-8H2,1-4H3/p+1. The smallest absolute Gasteiger partial charge is 0.459 e. The number of carbonyl (C=O) groups is 2. The van der Waals surface area contributed by atoms with Crippen LogP contribution in [0.2, 0.25) is 0 Å². The van der Waals surface area contributed by atoms with Crippen molar-refractivity contribution in [2.75, 3.05) is 33.7 Å². The van der Waals surface area contributed by atoms with Crippen LogP contribution in [0.15, 0.2) is 0 Å². The third kappa shape index (κ3) is 7.58. The molecule has 0 aromatic rings. The number of halogens is 5. The summed E-state index contributed by atoms with van der Waals surface area (Å²) in [5.41, 5.74) is 0. The number of ether oxygens (including phenoxy) is 1. The maximum atomic E-state index is 12.7. The Morgan fingerprint density at radius 3 is 2.09 bits per heavy atom. The number of alkyl halides is 5. The highest BCUT2D eigenvalue weighted by Crippen LogP contribution is 2.35. The van der Waals surface area contributed by atoms with Crippen LogP contribution < -0.4 is 5.32 Å². The molecule has 5 nitrogen and oxygen atoms in total. The summed E-state index contributed by atoms with van der Waals surface area (Å²) in [6.45, 7) is 3.32. The summed E-state index contributed by atoms with van der Waals surface area (Å²) < 4.78 is 66.4. The molecule has 0 spiro atoms. The number of amides is 1. The molecule has 0 aliphatic carbocycles. The van der Waals surface area contributed by atoms with Gasteiger partial charge in [0.15, 0.2) is 6.54 Å². The number of nitrogens with one attached hydrogen (secondary N) is 1. The van der Waals surface area contributed by atoms with E-state index in [1.165, 1.54) is 0 Å². The Balaban J connectivity index is 4.25. The Labute approximate surface area is 131 Å². The molecule has 0 bridgehead atoms.